The number of likely N-dealkylation sites (tertiary alicyclic amines) is 1. The Morgan fingerprint density at radius 2 is 1.94 bits per heavy atom. The Labute approximate surface area is 192 Å². The Balaban J connectivity index is 2.14. The molecule has 3 rings (SSSR count). The van der Waals surface area contributed by atoms with Gasteiger partial charge in [0.25, 0.3) is 11.7 Å². The molecule has 1 fully saturated rings. The van der Waals surface area contributed by atoms with Crippen LogP contribution in [-0.4, -0.2) is 55.7 Å². The molecule has 8 heteroatoms. The highest BCUT2D eigenvalue weighted by Crippen LogP contribution is 2.41. The van der Waals surface area contributed by atoms with Gasteiger partial charge in [0.05, 0.1) is 30.4 Å². The van der Waals surface area contributed by atoms with Crippen LogP contribution < -0.4 is 9.47 Å². The number of benzene rings is 2. The van der Waals surface area contributed by atoms with Crippen LogP contribution in [0.1, 0.15) is 30.5 Å². The lowest BCUT2D eigenvalue weighted by molar-refractivity contribution is -0.140. The van der Waals surface area contributed by atoms with E-state index in [0.29, 0.717) is 53.8 Å². The molecule has 2 aromatic rings. The molecule has 2 aromatic carbocycles. The smallest absolute Gasteiger partial charge is 0.295 e. The average molecular weight is 460 g/mol. The maximum atomic E-state index is 13.1. The average Bonchev–Trinajstić information content (AvgIpc) is 3.05. The molecule has 0 aliphatic carbocycles. The van der Waals surface area contributed by atoms with Crippen molar-refractivity contribution in [3.8, 4) is 11.5 Å². The molecule has 170 valence electrons. The highest BCUT2D eigenvalue weighted by molar-refractivity contribution is 6.46. The van der Waals surface area contributed by atoms with Crippen LogP contribution in [0.5, 0.6) is 11.5 Å². The molecule has 0 bridgehead atoms. The lowest BCUT2D eigenvalue weighted by Gasteiger charge is -2.25. The van der Waals surface area contributed by atoms with Crippen molar-refractivity contribution in [1.29, 1.82) is 0 Å². The van der Waals surface area contributed by atoms with Crippen LogP contribution >= 0.6 is 11.6 Å². The third-order valence-corrected chi connectivity index (χ3v) is 5.51. The van der Waals surface area contributed by atoms with Crippen molar-refractivity contribution in [3.63, 3.8) is 0 Å². The minimum absolute atomic E-state index is 0.00504. The Morgan fingerprint density at radius 1 is 1.16 bits per heavy atom. The van der Waals surface area contributed by atoms with Crippen LogP contribution in [-0.2, 0) is 14.3 Å². The normalized spacial score (nSPS) is 17.6. The van der Waals surface area contributed by atoms with E-state index < -0.39 is 17.7 Å². The number of methoxy groups -OCH3 is 2. The standard InChI is InChI=1S/C24H26ClNO6/c1-4-32-19-14-16(9-10-18(19)25)22(27)20-21(15-7-5-8-17(13-15)31-3)26(11-6-12-30-2)24(29)23(20)28/h5,7-10,13-14,21,27H,4,6,11-12H2,1-3H3/b22-20-. The van der Waals surface area contributed by atoms with E-state index in [1.165, 1.54) is 12.0 Å². The molecule has 1 aliphatic heterocycles. The molecule has 1 heterocycles. The van der Waals surface area contributed by atoms with Crippen LogP contribution in [0.3, 0.4) is 0 Å². The molecule has 1 unspecified atom stereocenters. The zero-order valence-corrected chi connectivity index (χ0v) is 19.0. The molecule has 1 N–H and O–H groups in total. The molecular formula is C24H26ClNO6. The van der Waals surface area contributed by atoms with E-state index in [1.54, 1.807) is 49.6 Å². The van der Waals surface area contributed by atoms with Crippen molar-refractivity contribution in [2.24, 2.45) is 0 Å². The number of amides is 1. The summed E-state index contributed by atoms with van der Waals surface area (Å²) in [5.41, 5.74) is 0.993. The van der Waals surface area contributed by atoms with Crippen LogP contribution in [0.15, 0.2) is 48.0 Å². The SMILES string of the molecule is CCOc1cc(/C(O)=C2/C(=O)C(=O)N(CCCOC)C2c2cccc(OC)c2)ccc1Cl. The van der Waals surface area contributed by atoms with Gasteiger partial charge >= 0.3 is 0 Å². The van der Waals surface area contributed by atoms with Gasteiger partial charge in [-0.05, 0) is 49.2 Å². The summed E-state index contributed by atoms with van der Waals surface area (Å²) < 4.78 is 15.9. The van der Waals surface area contributed by atoms with Gasteiger partial charge in [0.15, 0.2) is 0 Å². The third-order valence-electron chi connectivity index (χ3n) is 5.20. The number of aliphatic hydroxyl groups is 1. The summed E-state index contributed by atoms with van der Waals surface area (Å²) in [5.74, 6) is -0.751. The molecule has 7 nitrogen and oxygen atoms in total. The number of hydrogen-bond donors (Lipinski definition) is 1. The van der Waals surface area contributed by atoms with Gasteiger partial charge in [-0.3, -0.25) is 9.59 Å². The maximum Gasteiger partial charge on any atom is 0.295 e. The van der Waals surface area contributed by atoms with Crippen LogP contribution in [0.4, 0.5) is 0 Å². The Bertz CT molecular complexity index is 1030. The Morgan fingerprint density at radius 3 is 2.62 bits per heavy atom. The summed E-state index contributed by atoms with van der Waals surface area (Å²) in [7, 11) is 3.11. The number of nitrogens with zero attached hydrogens (tertiary/aromatic N) is 1. The fourth-order valence-corrected chi connectivity index (χ4v) is 3.89. The van der Waals surface area contributed by atoms with Gasteiger partial charge in [-0.25, -0.2) is 0 Å². The highest BCUT2D eigenvalue weighted by Gasteiger charge is 2.45. The summed E-state index contributed by atoms with van der Waals surface area (Å²) in [6.07, 6.45) is 0.541. The maximum absolute atomic E-state index is 13.1. The van der Waals surface area contributed by atoms with Crippen molar-refractivity contribution in [2.75, 3.05) is 34.0 Å². The quantitative estimate of drug-likeness (QED) is 0.262. The first-order valence-corrected chi connectivity index (χ1v) is 10.6. The van der Waals surface area contributed by atoms with E-state index in [9.17, 15) is 14.7 Å². The molecule has 0 spiro atoms. The topological polar surface area (TPSA) is 85.3 Å². The highest BCUT2D eigenvalue weighted by atomic mass is 35.5. The Kier molecular flexibility index (Phi) is 7.77. The van der Waals surface area contributed by atoms with Crippen LogP contribution in [0.25, 0.3) is 5.76 Å². The van der Waals surface area contributed by atoms with Crippen molar-refractivity contribution < 1.29 is 28.9 Å². The van der Waals surface area contributed by atoms with E-state index in [1.807, 2.05) is 6.92 Å². The van der Waals surface area contributed by atoms with Gasteiger partial charge in [0, 0.05) is 25.8 Å². The van der Waals surface area contributed by atoms with Gasteiger partial charge in [-0.2, -0.15) is 0 Å². The summed E-state index contributed by atoms with van der Waals surface area (Å²) in [6, 6.07) is 11.0. The molecule has 0 radical (unpaired) electrons. The summed E-state index contributed by atoms with van der Waals surface area (Å²) in [4.78, 5) is 27.4. The number of carbonyl (C=O) groups is 2. The largest absolute Gasteiger partial charge is 0.507 e. The number of hydrogen-bond acceptors (Lipinski definition) is 6. The van der Waals surface area contributed by atoms with Gasteiger partial charge in [-0.15, -0.1) is 0 Å². The van der Waals surface area contributed by atoms with Crippen molar-refractivity contribution in [2.45, 2.75) is 19.4 Å². The summed E-state index contributed by atoms with van der Waals surface area (Å²) in [6.45, 7) is 2.93. The molecule has 1 aliphatic rings. The Hall–Kier alpha value is -3.03. The monoisotopic (exact) mass is 459 g/mol. The second-order valence-electron chi connectivity index (χ2n) is 7.19. The number of ketones is 1. The van der Waals surface area contributed by atoms with Gasteiger partial charge in [0.2, 0.25) is 0 Å². The fraction of sp³-hybridized carbons (Fsp3) is 0.333. The second-order valence-corrected chi connectivity index (χ2v) is 7.60. The predicted octanol–water partition coefficient (Wildman–Crippen LogP) is 4.21. The molecule has 1 amide bonds. The molecule has 1 saturated heterocycles. The first kappa shape index (κ1) is 23.6. The van der Waals surface area contributed by atoms with E-state index in [-0.39, 0.29) is 11.3 Å². The van der Waals surface area contributed by atoms with E-state index in [0.717, 1.165) is 0 Å². The second kappa shape index (κ2) is 10.5. The number of ether oxygens (including phenoxy) is 3. The molecule has 0 saturated carbocycles. The zero-order chi connectivity index (χ0) is 23.3. The fourth-order valence-electron chi connectivity index (χ4n) is 3.72. The molecule has 32 heavy (non-hydrogen) atoms. The lowest BCUT2D eigenvalue weighted by Crippen LogP contribution is -2.31. The summed E-state index contributed by atoms with van der Waals surface area (Å²) >= 11 is 6.17. The third kappa shape index (κ3) is 4.74. The molecule has 1 atom stereocenters. The first-order chi connectivity index (χ1) is 15.4. The number of carbonyl (C=O) groups excluding carboxylic acids is 2. The van der Waals surface area contributed by atoms with Crippen molar-refractivity contribution in [1.82, 2.24) is 4.90 Å². The first-order valence-electron chi connectivity index (χ1n) is 10.3. The van der Waals surface area contributed by atoms with E-state index >= 15 is 0 Å². The van der Waals surface area contributed by atoms with Crippen molar-refractivity contribution >= 4 is 29.1 Å². The zero-order valence-electron chi connectivity index (χ0n) is 18.3. The van der Waals surface area contributed by atoms with Gasteiger partial charge in [-0.1, -0.05) is 23.7 Å². The number of Topliss-reactive ketones (excluding diaryl/α,β-unsaturated/α-hetero) is 1. The minimum atomic E-state index is -0.770. The number of rotatable bonds is 9. The van der Waals surface area contributed by atoms with Crippen molar-refractivity contribution in [3.05, 3.63) is 64.2 Å². The van der Waals surface area contributed by atoms with E-state index in [2.05, 4.69) is 0 Å². The van der Waals surface area contributed by atoms with E-state index in [4.69, 9.17) is 25.8 Å². The summed E-state index contributed by atoms with van der Waals surface area (Å²) in [5, 5.41) is 11.5. The predicted molar refractivity (Wildman–Crippen MR) is 121 cm³/mol. The van der Waals surface area contributed by atoms with Gasteiger partial charge in [0.1, 0.15) is 17.3 Å². The van der Waals surface area contributed by atoms with Crippen LogP contribution in [0, 0.1) is 0 Å². The van der Waals surface area contributed by atoms with Crippen LogP contribution in [0.2, 0.25) is 5.02 Å². The minimum Gasteiger partial charge on any atom is -0.507 e. The van der Waals surface area contributed by atoms with Gasteiger partial charge < -0.3 is 24.2 Å². The number of halogens is 1. The lowest BCUT2D eigenvalue weighted by atomic mass is 9.95. The number of aliphatic hydroxyl groups excluding tert-OH is 1. The molecule has 0 aromatic heterocycles. The molecular weight excluding hydrogens is 434 g/mol.